The summed E-state index contributed by atoms with van der Waals surface area (Å²) in [5, 5.41) is 11.2. The van der Waals surface area contributed by atoms with Crippen LogP contribution in [-0.2, 0) is 0 Å². The lowest BCUT2D eigenvalue weighted by atomic mass is 9.84. The number of aliphatic hydroxyl groups is 1. The number of halogens is 3. The Hall–Kier alpha value is -2.45. The number of fused-ring (bicyclic) bond motifs is 2. The molecule has 1 aliphatic heterocycles. The molecule has 30 heavy (non-hydrogen) atoms. The molecule has 4 nitrogen and oxygen atoms in total. The van der Waals surface area contributed by atoms with Crippen LogP contribution in [0.5, 0.6) is 0 Å². The fourth-order valence-corrected chi connectivity index (χ4v) is 4.86. The zero-order valence-electron chi connectivity index (χ0n) is 16.2. The Morgan fingerprint density at radius 2 is 2.00 bits per heavy atom. The Bertz CT molecular complexity index is 1100. The fraction of sp³-hybridized carbons (Fsp3) is 0.318. The van der Waals surface area contributed by atoms with Gasteiger partial charge >= 0.3 is 6.18 Å². The average Bonchev–Trinajstić information content (AvgIpc) is 2.71. The van der Waals surface area contributed by atoms with Gasteiger partial charge in [-0.25, -0.2) is 9.97 Å². The molecule has 0 bridgehead atoms. The van der Waals surface area contributed by atoms with Gasteiger partial charge in [-0.05, 0) is 55.2 Å². The molecule has 1 N–H and O–H groups in total. The Balaban J connectivity index is 1.69. The molecule has 3 aromatic rings. The largest absolute Gasteiger partial charge is 0.422 e. The summed E-state index contributed by atoms with van der Waals surface area (Å²) in [5.74, 6) is 0.871. The molecule has 1 aromatic heterocycles. The van der Waals surface area contributed by atoms with E-state index >= 15 is 0 Å². The van der Waals surface area contributed by atoms with Gasteiger partial charge in [0, 0.05) is 22.7 Å². The van der Waals surface area contributed by atoms with Crippen molar-refractivity contribution in [2.45, 2.75) is 42.4 Å². The number of hydrogen-bond donors (Lipinski definition) is 1. The summed E-state index contributed by atoms with van der Waals surface area (Å²) in [5.41, 5.74) is -1.32. The molecule has 0 fully saturated rings. The molecule has 2 aromatic carbocycles. The molecule has 156 valence electrons. The van der Waals surface area contributed by atoms with Crippen molar-refractivity contribution < 1.29 is 18.3 Å². The van der Waals surface area contributed by atoms with Gasteiger partial charge in [0.15, 0.2) is 5.60 Å². The van der Waals surface area contributed by atoms with Gasteiger partial charge in [-0.2, -0.15) is 13.2 Å². The minimum Gasteiger partial charge on any atom is -0.376 e. The molecule has 0 radical (unpaired) electrons. The van der Waals surface area contributed by atoms with Crippen LogP contribution in [0.1, 0.15) is 30.1 Å². The van der Waals surface area contributed by atoms with Crippen molar-refractivity contribution in [3.8, 4) is 0 Å². The lowest BCUT2D eigenvalue weighted by Crippen LogP contribution is -2.48. The Labute approximate surface area is 176 Å². The lowest BCUT2D eigenvalue weighted by Gasteiger charge is -2.33. The molecule has 0 saturated heterocycles. The van der Waals surface area contributed by atoms with E-state index in [-0.39, 0.29) is 5.69 Å². The maximum absolute atomic E-state index is 13.9. The van der Waals surface area contributed by atoms with Gasteiger partial charge in [0.25, 0.3) is 0 Å². The van der Waals surface area contributed by atoms with Gasteiger partial charge in [-0.15, -0.1) is 11.8 Å². The zero-order chi connectivity index (χ0) is 21.4. The van der Waals surface area contributed by atoms with Gasteiger partial charge in [-0.3, -0.25) is 4.99 Å². The minimum absolute atomic E-state index is 0.287. The molecular formula is C22H20F3N3OS. The molecule has 0 saturated carbocycles. The smallest absolute Gasteiger partial charge is 0.376 e. The summed E-state index contributed by atoms with van der Waals surface area (Å²) in [6.07, 6.45) is -2.60. The Morgan fingerprint density at radius 1 is 1.20 bits per heavy atom. The van der Waals surface area contributed by atoms with Crippen LogP contribution in [0.25, 0.3) is 10.9 Å². The summed E-state index contributed by atoms with van der Waals surface area (Å²) in [7, 11) is 0. The summed E-state index contributed by atoms with van der Waals surface area (Å²) in [6.45, 7) is 1.73. The first-order chi connectivity index (χ1) is 14.3. The number of aromatic nitrogens is 2. The van der Waals surface area contributed by atoms with Crippen LogP contribution in [0.3, 0.4) is 0 Å². The first kappa shape index (κ1) is 20.8. The lowest BCUT2D eigenvalue weighted by molar-refractivity contribution is -0.232. The predicted octanol–water partition coefficient (Wildman–Crippen LogP) is 5.60. The topological polar surface area (TPSA) is 58.4 Å². The molecule has 1 aliphatic rings. The number of rotatable bonds is 4. The van der Waals surface area contributed by atoms with Crippen molar-refractivity contribution in [1.29, 1.82) is 0 Å². The fourth-order valence-electron chi connectivity index (χ4n) is 3.67. The normalized spacial score (nSPS) is 19.0. The molecular weight excluding hydrogens is 411 g/mol. The van der Waals surface area contributed by atoms with Crippen LogP contribution < -0.4 is 0 Å². The third kappa shape index (κ3) is 4.06. The quantitative estimate of drug-likeness (QED) is 0.546. The number of alkyl halides is 3. The van der Waals surface area contributed by atoms with Gasteiger partial charge in [0.2, 0.25) is 0 Å². The highest BCUT2D eigenvalue weighted by atomic mass is 32.2. The molecule has 0 amide bonds. The monoisotopic (exact) mass is 431 g/mol. The average molecular weight is 431 g/mol. The summed E-state index contributed by atoms with van der Waals surface area (Å²) in [6, 6.07) is 12.4. The first-order valence-electron chi connectivity index (χ1n) is 9.55. The molecule has 2 heterocycles. The maximum Gasteiger partial charge on any atom is 0.422 e. The van der Waals surface area contributed by atoms with E-state index in [0.29, 0.717) is 35.1 Å². The SMILES string of the molecule is Cc1ncc2c(N=CC(O)(CC3CCSc4ccccc43)C(F)(F)F)cccc2n1. The van der Waals surface area contributed by atoms with E-state index in [4.69, 9.17) is 0 Å². The number of benzene rings is 2. The van der Waals surface area contributed by atoms with E-state index in [1.807, 2.05) is 24.3 Å². The molecule has 0 spiro atoms. The van der Waals surface area contributed by atoms with Crippen LogP contribution in [0.15, 0.2) is 58.5 Å². The third-order valence-electron chi connectivity index (χ3n) is 5.27. The molecule has 2 atom stereocenters. The van der Waals surface area contributed by atoms with Gasteiger partial charge in [0.1, 0.15) is 5.82 Å². The van der Waals surface area contributed by atoms with E-state index in [0.717, 1.165) is 10.5 Å². The molecule has 2 unspecified atom stereocenters. The first-order valence-corrected chi connectivity index (χ1v) is 10.5. The van der Waals surface area contributed by atoms with Crippen LogP contribution in [0, 0.1) is 6.92 Å². The second-order valence-corrected chi connectivity index (χ2v) is 8.52. The van der Waals surface area contributed by atoms with Crippen LogP contribution in [0.4, 0.5) is 18.9 Å². The minimum atomic E-state index is -4.85. The van der Waals surface area contributed by atoms with Crippen molar-refractivity contribution in [3.63, 3.8) is 0 Å². The van der Waals surface area contributed by atoms with Crippen molar-refractivity contribution in [1.82, 2.24) is 9.97 Å². The number of hydrogen-bond acceptors (Lipinski definition) is 5. The molecule has 0 aliphatic carbocycles. The highest BCUT2D eigenvalue weighted by Crippen LogP contribution is 2.44. The van der Waals surface area contributed by atoms with Crippen LogP contribution >= 0.6 is 11.8 Å². The highest BCUT2D eigenvalue weighted by Gasteiger charge is 2.54. The van der Waals surface area contributed by atoms with E-state index in [2.05, 4.69) is 15.0 Å². The van der Waals surface area contributed by atoms with Crippen molar-refractivity contribution in [2.75, 3.05) is 5.75 Å². The zero-order valence-corrected chi connectivity index (χ0v) is 17.0. The maximum atomic E-state index is 13.9. The predicted molar refractivity (Wildman–Crippen MR) is 113 cm³/mol. The van der Waals surface area contributed by atoms with E-state index in [1.165, 1.54) is 6.20 Å². The standard InChI is InChI=1S/C22H20F3N3OS/c1-14-26-12-17-18(6-4-7-19(17)28-14)27-13-21(29,22(23,24)25)11-15-9-10-30-20-8-3-2-5-16(15)20/h2-8,12-13,15,29H,9-11H2,1H3. The second-order valence-electron chi connectivity index (χ2n) is 7.38. The van der Waals surface area contributed by atoms with Crippen LogP contribution in [-0.4, -0.2) is 38.8 Å². The van der Waals surface area contributed by atoms with Gasteiger partial charge in [0.05, 0.1) is 11.2 Å². The van der Waals surface area contributed by atoms with Gasteiger partial charge < -0.3 is 5.11 Å². The van der Waals surface area contributed by atoms with Crippen molar-refractivity contribution in [3.05, 3.63) is 60.0 Å². The van der Waals surface area contributed by atoms with Crippen molar-refractivity contribution in [2.24, 2.45) is 4.99 Å². The Kier molecular flexibility index (Phi) is 5.55. The van der Waals surface area contributed by atoms with E-state index in [9.17, 15) is 18.3 Å². The number of thioether (sulfide) groups is 1. The molecule has 4 rings (SSSR count). The van der Waals surface area contributed by atoms with Gasteiger partial charge in [-0.1, -0.05) is 24.3 Å². The number of aryl methyl sites for hydroxylation is 1. The van der Waals surface area contributed by atoms with Crippen LogP contribution in [0.2, 0.25) is 0 Å². The second kappa shape index (κ2) is 8.00. The number of aliphatic imine (C=N–C) groups is 1. The summed E-state index contributed by atoms with van der Waals surface area (Å²) < 4.78 is 41.8. The summed E-state index contributed by atoms with van der Waals surface area (Å²) in [4.78, 5) is 13.4. The van der Waals surface area contributed by atoms with E-state index in [1.54, 1.807) is 36.9 Å². The van der Waals surface area contributed by atoms with E-state index < -0.39 is 24.1 Å². The van der Waals surface area contributed by atoms with Crippen molar-refractivity contribution >= 4 is 34.6 Å². The Morgan fingerprint density at radius 3 is 2.80 bits per heavy atom. The summed E-state index contributed by atoms with van der Waals surface area (Å²) >= 11 is 1.63. The molecule has 8 heteroatoms. The highest BCUT2D eigenvalue weighted by molar-refractivity contribution is 7.99. The third-order valence-corrected chi connectivity index (χ3v) is 6.39. The number of nitrogens with zero attached hydrogens (tertiary/aromatic N) is 3.